The number of carboxylic acids is 1. The smallest absolute Gasteiger partial charge is 0.371 e. The highest BCUT2D eigenvalue weighted by molar-refractivity contribution is 5.91. The molecular weight excluding hydrogens is 220 g/mol. The minimum atomic E-state index is -1.05. The van der Waals surface area contributed by atoms with Gasteiger partial charge in [-0.05, 0) is 23.8 Å². The van der Waals surface area contributed by atoms with Crippen molar-refractivity contribution in [1.82, 2.24) is 10.4 Å². The zero-order valence-electron chi connectivity index (χ0n) is 9.73. The average molecular weight is 234 g/mol. The summed E-state index contributed by atoms with van der Waals surface area (Å²) in [4.78, 5) is 10.8. The van der Waals surface area contributed by atoms with Gasteiger partial charge in [0.25, 0.3) is 0 Å². The average Bonchev–Trinajstić information content (AvgIpc) is 2.69. The van der Waals surface area contributed by atoms with Crippen molar-refractivity contribution >= 4 is 16.9 Å². The monoisotopic (exact) mass is 234 g/mol. The number of carbonyl (C=O) groups is 1. The Kier molecular flexibility index (Phi) is 3.12. The molecule has 0 aliphatic heterocycles. The third-order valence-corrected chi connectivity index (χ3v) is 2.39. The van der Waals surface area contributed by atoms with Crippen molar-refractivity contribution in [1.29, 1.82) is 0 Å². The molecule has 0 aliphatic carbocycles. The largest absolute Gasteiger partial charge is 0.475 e. The molecule has 0 aliphatic rings. The highest BCUT2D eigenvalue weighted by atomic mass is 16.4. The Labute approximate surface area is 98.6 Å². The van der Waals surface area contributed by atoms with Gasteiger partial charge in [-0.2, -0.15) is 0 Å². The lowest BCUT2D eigenvalue weighted by Crippen LogP contribution is -2.29. The van der Waals surface area contributed by atoms with Gasteiger partial charge in [0.05, 0.1) is 0 Å². The van der Waals surface area contributed by atoms with Crippen molar-refractivity contribution in [3.8, 4) is 0 Å². The number of carboxylic acid groups (broad SMARTS) is 1. The van der Waals surface area contributed by atoms with Crippen LogP contribution in [0.2, 0.25) is 0 Å². The zero-order valence-corrected chi connectivity index (χ0v) is 9.73. The van der Waals surface area contributed by atoms with Crippen molar-refractivity contribution in [3.05, 3.63) is 35.6 Å². The van der Waals surface area contributed by atoms with Crippen LogP contribution in [0, 0.1) is 0 Å². The van der Waals surface area contributed by atoms with E-state index in [1.54, 1.807) is 6.07 Å². The van der Waals surface area contributed by atoms with Gasteiger partial charge in [-0.15, -0.1) is 0 Å². The fourth-order valence-electron chi connectivity index (χ4n) is 1.56. The Hall–Kier alpha value is -1.85. The zero-order chi connectivity index (χ0) is 12.4. The number of furan rings is 1. The quantitative estimate of drug-likeness (QED) is 0.788. The van der Waals surface area contributed by atoms with Crippen LogP contribution in [-0.2, 0) is 6.54 Å². The molecule has 2 aromatic rings. The Morgan fingerprint density at radius 2 is 2.18 bits per heavy atom. The topological polar surface area (TPSA) is 65.7 Å². The van der Waals surface area contributed by atoms with E-state index >= 15 is 0 Å². The Bertz CT molecular complexity index is 546. The second-order valence-corrected chi connectivity index (χ2v) is 4.02. The molecular formula is C12H14N2O3. The summed E-state index contributed by atoms with van der Waals surface area (Å²) in [5.74, 6) is -1.08. The lowest BCUT2D eigenvalue weighted by Gasteiger charge is -2.11. The highest BCUT2D eigenvalue weighted by Crippen LogP contribution is 2.20. The van der Waals surface area contributed by atoms with Gasteiger partial charge < -0.3 is 9.52 Å². The first kappa shape index (κ1) is 11.6. The third kappa shape index (κ3) is 2.64. The Balaban J connectivity index is 2.27. The summed E-state index contributed by atoms with van der Waals surface area (Å²) in [5, 5.41) is 11.5. The van der Waals surface area contributed by atoms with Gasteiger partial charge in [0, 0.05) is 26.0 Å². The standard InChI is InChI=1S/C12H14N2O3/c1-14(2)13-7-8-3-4-10-9(5-8)6-11(17-10)12(15)16/h3-6,13H,7H2,1-2H3,(H,15,16). The minimum Gasteiger partial charge on any atom is -0.475 e. The number of benzene rings is 1. The van der Waals surface area contributed by atoms with Crippen LogP contribution in [0.3, 0.4) is 0 Å². The van der Waals surface area contributed by atoms with Gasteiger partial charge in [-0.25, -0.2) is 4.79 Å². The predicted molar refractivity (Wildman–Crippen MR) is 63.7 cm³/mol. The van der Waals surface area contributed by atoms with Crippen molar-refractivity contribution in [2.24, 2.45) is 0 Å². The maximum absolute atomic E-state index is 10.8. The predicted octanol–water partition coefficient (Wildman–Crippen LogP) is 1.70. The number of nitrogens with one attached hydrogen (secondary N) is 1. The summed E-state index contributed by atoms with van der Waals surface area (Å²) in [6.45, 7) is 0.691. The number of fused-ring (bicyclic) bond motifs is 1. The number of aromatic carboxylic acids is 1. The van der Waals surface area contributed by atoms with E-state index in [1.165, 1.54) is 6.07 Å². The molecule has 0 unspecified atom stereocenters. The van der Waals surface area contributed by atoms with Crippen LogP contribution in [0.15, 0.2) is 28.7 Å². The molecule has 0 amide bonds. The lowest BCUT2D eigenvalue weighted by atomic mass is 10.1. The van der Waals surface area contributed by atoms with Crippen LogP contribution < -0.4 is 5.43 Å². The number of hydrogen-bond acceptors (Lipinski definition) is 4. The molecule has 2 N–H and O–H groups in total. The van der Waals surface area contributed by atoms with E-state index in [2.05, 4.69) is 5.43 Å². The molecule has 0 radical (unpaired) electrons. The number of hydrazine groups is 1. The summed E-state index contributed by atoms with van der Waals surface area (Å²) in [5.41, 5.74) is 4.81. The van der Waals surface area contributed by atoms with Gasteiger partial charge >= 0.3 is 5.97 Å². The fourth-order valence-corrected chi connectivity index (χ4v) is 1.56. The van der Waals surface area contributed by atoms with Crippen molar-refractivity contribution in [2.45, 2.75) is 6.54 Å². The SMILES string of the molecule is CN(C)NCc1ccc2oc(C(=O)O)cc2c1. The lowest BCUT2D eigenvalue weighted by molar-refractivity contribution is 0.0665. The maximum Gasteiger partial charge on any atom is 0.371 e. The van der Waals surface area contributed by atoms with E-state index in [0.717, 1.165) is 10.9 Å². The molecule has 0 spiro atoms. The van der Waals surface area contributed by atoms with Gasteiger partial charge in [-0.3, -0.25) is 10.4 Å². The van der Waals surface area contributed by atoms with Crippen LogP contribution in [-0.4, -0.2) is 30.2 Å². The molecule has 2 rings (SSSR count). The second kappa shape index (κ2) is 4.57. The second-order valence-electron chi connectivity index (χ2n) is 4.02. The van der Waals surface area contributed by atoms with Crippen molar-refractivity contribution in [2.75, 3.05) is 14.1 Å². The molecule has 1 heterocycles. The van der Waals surface area contributed by atoms with Crippen LogP contribution in [0.5, 0.6) is 0 Å². The molecule has 5 heteroatoms. The highest BCUT2D eigenvalue weighted by Gasteiger charge is 2.10. The maximum atomic E-state index is 10.8. The molecule has 0 fully saturated rings. The third-order valence-electron chi connectivity index (χ3n) is 2.39. The van der Waals surface area contributed by atoms with E-state index in [4.69, 9.17) is 9.52 Å². The normalized spacial score (nSPS) is 11.2. The van der Waals surface area contributed by atoms with Gasteiger partial charge in [-0.1, -0.05) is 6.07 Å². The van der Waals surface area contributed by atoms with E-state index in [0.29, 0.717) is 12.1 Å². The summed E-state index contributed by atoms with van der Waals surface area (Å²) in [7, 11) is 3.83. The van der Waals surface area contributed by atoms with Crippen molar-refractivity contribution < 1.29 is 14.3 Å². The van der Waals surface area contributed by atoms with E-state index in [-0.39, 0.29) is 5.76 Å². The molecule has 5 nitrogen and oxygen atoms in total. The molecule has 0 atom stereocenters. The molecule has 1 aromatic heterocycles. The molecule has 90 valence electrons. The molecule has 0 saturated carbocycles. The molecule has 17 heavy (non-hydrogen) atoms. The summed E-state index contributed by atoms with van der Waals surface area (Å²) >= 11 is 0. The van der Waals surface area contributed by atoms with E-state index in [1.807, 2.05) is 31.2 Å². The Morgan fingerprint density at radius 1 is 1.41 bits per heavy atom. The first-order chi connectivity index (χ1) is 8.06. The fraction of sp³-hybridized carbons (Fsp3) is 0.250. The summed E-state index contributed by atoms with van der Waals surface area (Å²) in [6.07, 6.45) is 0. The number of hydrogen-bond donors (Lipinski definition) is 2. The van der Waals surface area contributed by atoms with Crippen LogP contribution in [0.1, 0.15) is 16.1 Å². The van der Waals surface area contributed by atoms with Gasteiger partial charge in [0.15, 0.2) is 0 Å². The summed E-state index contributed by atoms with van der Waals surface area (Å²) in [6, 6.07) is 7.15. The first-order valence-electron chi connectivity index (χ1n) is 5.23. The first-order valence-corrected chi connectivity index (χ1v) is 5.23. The Morgan fingerprint density at radius 3 is 2.82 bits per heavy atom. The molecule has 1 aromatic carbocycles. The molecule has 0 bridgehead atoms. The number of nitrogens with zero attached hydrogens (tertiary/aromatic N) is 1. The van der Waals surface area contributed by atoms with Crippen LogP contribution in [0.25, 0.3) is 11.0 Å². The van der Waals surface area contributed by atoms with E-state index in [9.17, 15) is 4.79 Å². The minimum absolute atomic E-state index is 0.0299. The van der Waals surface area contributed by atoms with Gasteiger partial charge in [0.1, 0.15) is 5.58 Å². The van der Waals surface area contributed by atoms with Crippen LogP contribution in [0.4, 0.5) is 0 Å². The van der Waals surface area contributed by atoms with Crippen molar-refractivity contribution in [3.63, 3.8) is 0 Å². The summed E-state index contributed by atoms with van der Waals surface area (Å²) < 4.78 is 5.18. The van der Waals surface area contributed by atoms with Gasteiger partial charge in [0.2, 0.25) is 5.76 Å². The molecule has 0 saturated heterocycles. The van der Waals surface area contributed by atoms with Crippen LogP contribution >= 0.6 is 0 Å². The number of rotatable bonds is 4. The van der Waals surface area contributed by atoms with E-state index < -0.39 is 5.97 Å².